The van der Waals surface area contributed by atoms with Crippen molar-refractivity contribution in [2.24, 2.45) is 5.41 Å². The van der Waals surface area contributed by atoms with Gasteiger partial charge >= 0.3 is 5.97 Å². The molecule has 6 heteroatoms. The molecule has 0 aromatic carbocycles. The van der Waals surface area contributed by atoms with Gasteiger partial charge in [-0.25, -0.2) is 0 Å². The molecule has 0 spiro atoms. The molecule has 116 valence electrons. The monoisotopic (exact) mass is 287 g/mol. The van der Waals surface area contributed by atoms with Gasteiger partial charge in [0.05, 0.1) is 18.1 Å². The number of carbonyl (C=O) groups excluding carboxylic acids is 1. The van der Waals surface area contributed by atoms with E-state index < -0.39 is 11.4 Å². The molecule has 0 saturated heterocycles. The topological polar surface area (TPSA) is 84.9 Å². The van der Waals surface area contributed by atoms with Crippen LogP contribution in [0.1, 0.15) is 38.5 Å². The fraction of sp³-hybridized carbons (Fsp3) is 0.857. The Morgan fingerprint density at radius 1 is 1.25 bits per heavy atom. The standard InChI is InChI=1S/C14H25NO5/c1-19-10-11(20-2)9-15-12(16)8-14(13(17)18)6-4-3-5-7-14/h11H,3-10H2,1-2H3,(H,15,16)(H,17,18). The molecule has 1 aliphatic rings. The van der Waals surface area contributed by atoms with Gasteiger partial charge in [0.2, 0.25) is 5.91 Å². The van der Waals surface area contributed by atoms with Crippen LogP contribution in [0.2, 0.25) is 0 Å². The quantitative estimate of drug-likeness (QED) is 0.700. The minimum atomic E-state index is -0.883. The van der Waals surface area contributed by atoms with Gasteiger partial charge < -0.3 is 19.9 Å². The number of rotatable bonds is 8. The molecule has 0 radical (unpaired) electrons. The Hall–Kier alpha value is -1.14. The molecule has 1 saturated carbocycles. The molecule has 1 atom stereocenters. The predicted octanol–water partition coefficient (Wildman–Crippen LogP) is 1.19. The van der Waals surface area contributed by atoms with Crippen molar-refractivity contribution in [3.05, 3.63) is 0 Å². The zero-order chi connectivity index (χ0) is 15.0. The zero-order valence-corrected chi connectivity index (χ0v) is 12.3. The van der Waals surface area contributed by atoms with Crippen LogP contribution in [0.4, 0.5) is 0 Å². The fourth-order valence-electron chi connectivity index (χ4n) is 2.69. The van der Waals surface area contributed by atoms with Crippen molar-refractivity contribution in [1.29, 1.82) is 0 Å². The molecule has 0 aromatic heterocycles. The number of nitrogens with one attached hydrogen (secondary N) is 1. The summed E-state index contributed by atoms with van der Waals surface area (Å²) in [5, 5.41) is 12.2. The van der Waals surface area contributed by atoms with Gasteiger partial charge in [0, 0.05) is 27.2 Å². The molecule has 1 amide bonds. The molecule has 1 unspecified atom stereocenters. The second-order valence-electron chi connectivity index (χ2n) is 5.44. The van der Waals surface area contributed by atoms with E-state index in [1.165, 1.54) is 0 Å². The number of amides is 1. The summed E-state index contributed by atoms with van der Waals surface area (Å²) in [6.45, 7) is 0.722. The third-order valence-corrected chi connectivity index (χ3v) is 3.98. The Morgan fingerprint density at radius 2 is 1.90 bits per heavy atom. The summed E-state index contributed by atoms with van der Waals surface area (Å²) in [4.78, 5) is 23.5. The summed E-state index contributed by atoms with van der Waals surface area (Å²) < 4.78 is 10.1. The Bertz CT molecular complexity index is 326. The number of methoxy groups -OCH3 is 2. The highest BCUT2D eigenvalue weighted by molar-refractivity contribution is 5.85. The van der Waals surface area contributed by atoms with E-state index in [0.717, 1.165) is 19.3 Å². The second-order valence-corrected chi connectivity index (χ2v) is 5.44. The third-order valence-electron chi connectivity index (χ3n) is 3.98. The Kier molecular flexibility index (Phi) is 6.95. The van der Waals surface area contributed by atoms with E-state index in [2.05, 4.69) is 5.32 Å². The third kappa shape index (κ3) is 4.76. The maximum Gasteiger partial charge on any atom is 0.310 e. The minimum absolute atomic E-state index is 0.0474. The molecule has 6 nitrogen and oxygen atoms in total. The molecule has 0 bridgehead atoms. The van der Waals surface area contributed by atoms with E-state index in [1.54, 1.807) is 14.2 Å². The lowest BCUT2D eigenvalue weighted by Gasteiger charge is -2.32. The number of ether oxygens (including phenoxy) is 2. The van der Waals surface area contributed by atoms with Crippen LogP contribution >= 0.6 is 0 Å². The van der Waals surface area contributed by atoms with Crippen molar-refractivity contribution >= 4 is 11.9 Å². The first-order chi connectivity index (χ1) is 9.54. The second kappa shape index (κ2) is 8.21. The van der Waals surface area contributed by atoms with Crippen LogP contribution in [0.15, 0.2) is 0 Å². The van der Waals surface area contributed by atoms with Crippen LogP contribution in [-0.2, 0) is 19.1 Å². The molecule has 0 heterocycles. The van der Waals surface area contributed by atoms with Crippen molar-refractivity contribution in [3.63, 3.8) is 0 Å². The Morgan fingerprint density at radius 3 is 2.40 bits per heavy atom. The number of hydrogen-bond donors (Lipinski definition) is 2. The Labute approximate surface area is 119 Å². The lowest BCUT2D eigenvalue weighted by molar-refractivity contribution is -0.154. The average molecular weight is 287 g/mol. The predicted molar refractivity (Wildman–Crippen MR) is 73.5 cm³/mol. The van der Waals surface area contributed by atoms with Crippen molar-refractivity contribution in [2.75, 3.05) is 27.4 Å². The lowest BCUT2D eigenvalue weighted by Crippen LogP contribution is -2.42. The summed E-state index contributed by atoms with van der Waals surface area (Å²) in [6.07, 6.45) is 3.81. The minimum Gasteiger partial charge on any atom is -0.481 e. The van der Waals surface area contributed by atoms with Crippen molar-refractivity contribution in [1.82, 2.24) is 5.32 Å². The SMILES string of the molecule is COCC(CNC(=O)CC1(C(=O)O)CCCCC1)OC. The maximum absolute atomic E-state index is 12.0. The number of aliphatic carboxylic acids is 1. The van der Waals surface area contributed by atoms with Crippen LogP contribution in [0.25, 0.3) is 0 Å². The summed E-state index contributed by atoms with van der Waals surface area (Å²) in [6, 6.07) is 0. The summed E-state index contributed by atoms with van der Waals surface area (Å²) in [7, 11) is 3.12. The molecule has 2 N–H and O–H groups in total. The highest BCUT2D eigenvalue weighted by atomic mass is 16.5. The van der Waals surface area contributed by atoms with Crippen molar-refractivity contribution < 1.29 is 24.2 Å². The smallest absolute Gasteiger partial charge is 0.310 e. The van der Waals surface area contributed by atoms with Crippen LogP contribution in [0.5, 0.6) is 0 Å². The van der Waals surface area contributed by atoms with Gasteiger partial charge in [-0.15, -0.1) is 0 Å². The van der Waals surface area contributed by atoms with Gasteiger partial charge in [-0.2, -0.15) is 0 Å². The Balaban J connectivity index is 2.48. The van der Waals surface area contributed by atoms with Gasteiger partial charge in [-0.3, -0.25) is 9.59 Å². The van der Waals surface area contributed by atoms with Crippen LogP contribution in [0, 0.1) is 5.41 Å². The van der Waals surface area contributed by atoms with Gasteiger partial charge in [0.15, 0.2) is 0 Å². The largest absolute Gasteiger partial charge is 0.481 e. The van der Waals surface area contributed by atoms with Crippen LogP contribution in [-0.4, -0.2) is 50.5 Å². The van der Waals surface area contributed by atoms with Crippen molar-refractivity contribution in [3.8, 4) is 0 Å². The van der Waals surface area contributed by atoms with Crippen molar-refractivity contribution in [2.45, 2.75) is 44.6 Å². The first kappa shape index (κ1) is 16.9. The van der Waals surface area contributed by atoms with E-state index in [1.807, 2.05) is 0 Å². The van der Waals surface area contributed by atoms with E-state index in [9.17, 15) is 14.7 Å². The summed E-state index contributed by atoms with van der Waals surface area (Å²) in [5.41, 5.74) is -0.883. The van der Waals surface area contributed by atoms with Gasteiger partial charge in [0.25, 0.3) is 0 Å². The average Bonchev–Trinajstić information content (AvgIpc) is 2.44. The molecule has 1 fully saturated rings. The molecular formula is C14H25NO5. The normalized spacial score (nSPS) is 19.3. The molecule has 1 aliphatic carbocycles. The van der Waals surface area contributed by atoms with Gasteiger partial charge in [-0.1, -0.05) is 19.3 Å². The van der Waals surface area contributed by atoms with E-state index in [-0.39, 0.29) is 18.4 Å². The highest BCUT2D eigenvalue weighted by Crippen LogP contribution is 2.39. The molecular weight excluding hydrogens is 262 g/mol. The van der Waals surface area contributed by atoms with Gasteiger partial charge in [0.1, 0.15) is 0 Å². The highest BCUT2D eigenvalue weighted by Gasteiger charge is 2.41. The summed E-state index contributed by atoms with van der Waals surface area (Å²) in [5.74, 6) is -1.08. The lowest BCUT2D eigenvalue weighted by atomic mass is 9.71. The zero-order valence-electron chi connectivity index (χ0n) is 12.3. The fourth-order valence-corrected chi connectivity index (χ4v) is 2.69. The maximum atomic E-state index is 12.0. The van der Waals surface area contributed by atoms with E-state index >= 15 is 0 Å². The van der Waals surface area contributed by atoms with Crippen LogP contribution in [0.3, 0.4) is 0 Å². The van der Waals surface area contributed by atoms with Crippen LogP contribution < -0.4 is 5.32 Å². The van der Waals surface area contributed by atoms with Gasteiger partial charge in [-0.05, 0) is 12.8 Å². The summed E-state index contributed by atoms with van der Waals surface area (Å²) >= 11 is 0. The molecule has 1 rings (SSSR count). The molecule has 0 aromatic rings. The molecule has 0 aliphatic heterocycles. The van der Waals surface area contributed by atoms with E-state index in [0.29, 0.717) is 26.0 Å². The number of hydrogen-bond acceptors (Lipinski definition) is 4. The number of carboxylic acid groups (broad SMARTS) is 1. The first-order valence-electron chi connectivity index (χ1n) is 7.06. The number of carbonyl (C=O) groups is 2. The number of carboxylic acids is 1. The first-order valence-corrected chi connectivity index (χ1v) is 7.06. The van der Waals surface area contributed by atoms with E-state index in [4.69, 9.17) is 9.47 Å². The molecule has 20 heavy (non-hydrogen) atoms.